The molecule has 0 aromatic heterocycles. The van der Waals surface area contributed by atoms with Gasteiger partial charge >= 0.3 is 12.4 Å². The van der Waals surface area contributed by atoms with E-state index in [1.54, 1.807) is 30.3 Å². The number of piperidine rings is 2. The Morgan fingerprint density at radius 3 is 1.85 bits per heavy atom. The van der Waals surface area contributed by atoms with Gasteiger partial charge < -0.3 is 20.9 Å². The molecular weight excluding hydrogens is 606 g/mol. The van der Waals surface area contributed by atoms with Crippen molar-refractivity contribution in [3.63, 3.8) is 0 Å². The van der Waals surface area contributed by atoms with Gasteiger partial charge in [0.25, 0.3) is 5.91 Å². The minimum Gasteiger partial charge on any atom is -0.341 e. The third kappa shape index (κ3) is 8.29. The Balaban J connectivity index is 0.000000284. The molecule has 2 heterocycles. The minimum absolute atomic E-state index is 0.0241. The molecule has 3 aromatic rings. The predicted octanol–water partition coefficient (Wildman–Crippen LogP) is 7.20. The van der Waals surface area contributed by atoms with Crippen molar-refractivity contribution in [1.82, 2.24) is 15.1 Å². The van der Waals surface area contributed by atoms with Crippen LogP contribution in [0.2, 0.25) is 0 Å². The molecule has 3 aromatic carbocycles. The van der Waals surface area contributed by atoms with Crippen LogP contribution < -0.4 is 11.1 Å². The van der Waals surface area contributed by atoms with Gasteiger partial charge in [-0.25, -0.2) is 0 Å². The first kappa shape index (κ1) is 35.4. The molecule has 5 rings (SSSR count). The Labute approximate surface area is 266 Å². The van der Waals surface area contributed by atoms with E-state index in [9.17, 15) is 31.1 Å². The number of benzene rings is 3. The molecule has 2 unspecified atom stereocenters. The summed E-state index contributed by atoms with van der Waals surface area (Å²) >= 11 is 0. The highest BCUT2D eigenvalue weighted by Crippen LogP contribution is 2.40. The molecule has 0 radical (unpaired) electrons. The number of nitrogens with one attached hydrogen (secondary N) is 1. The highest BCUT2D eigenvalue weighted by atomic mass is 19.4. The first-order valence-corrected chi connectivity index (χ1v) is 15.5. The SMILES string of the molecule is CCc1cc(C(F)(F)F)cc(C(F)(F)F)c1C(=O)NC1(c2ccccc2)CCCN(C)C1.CN1CCCC(N)(c2ccccc2)C1. The maximum atomic E-state index is 13.8. The monoisotopic (exact) mass is 648 g/mol. The van der Waals surface area contributed by atoms with Crippen molar-refractivity contribution in [1.29, 1.82) is 0 Å². The van der Waals surface area contributed by atoms with E-state index in [4.69, 9.17) is 5.73 Å². The summed E-state index contributed by atoms with van der Waals surface area (Å²) in [5.41, 5.74) is 3.30. The van der Waals surface area contributed by atoms with E-state index in [0.29, 0.717) is 25.5 Å². The molecule has 250 valence electrons. The summed E-state index contributed by atoms with van der Waals surface area (Å²) in [7, 11) is 3.99. The second-order valence-electron chi connectivity index (χ2n) is 12.5. The molecule has 3 N–H and O–H groups in total. The van der Waals surface area contributed by atoms with Crippen LogP contribution in [0.25, 0.3) is 0 Å². The molecule has 5 nitrogen and oxygen atoms in total. The van der Waals surface area contributed by atoms with Gasteiger partial charge in [-0.15, -0.1) is 0 Å². The summed E-state index contributed by atoms with van der Waals surface area (Å²) in [5.74, 6) is -1.03. The Morgan fingerprint density at radius 2 is 1.35 bits per heavy atom. The quantitative estimate of drug-likeness (QED) is 0.288. The second-order valence-corrected chi connectivity index (χ2v) is 12.5. The van der Waals surface area contributed by atoms with Crippen LogP contribution in [0.5, 0.6) is 0 Å². The number of amides is 1. The number of rotatable bonds is 5. The summed E-state index contributed by atoms with van der Waals surface area (Å²) in [6.07, 6.45) is -6.75. The lowest BCUT2D eigenvalue weighted by atomic mass is 9.81. The van der Waals surface area contributed by atoms with Crippen molar-refractivity contribution in [2.75, 3.05) is 40.3 Å². The normalized spacial score (nSPS) is 22.9. The second kappa shape index (κ2) is 14.1. The molecule has 46 heavy (non-hydrogen) atoms. The zero-order valence-corrected chi connectivity index (χ0v) is 26.4. The maximum Gasteiger partial charge on any atom is 0.417 e. The van der Waals surface area contributed by atoms with Crippen molar-refractivity contribution in [3.05, 3.63) is 106 Å². The summed E-state index contributed by atoms with van der Waals surface area (Å²) in [6.45, 7) is 4.70. The van der Waals surface area contributed by atoms with Crippen LogP contribution >= 0.6 is 0 Å². The molecule has 11 heteroatoms. The number of hydrogen-bond donors (Lipinski definition) is 2. The van der Waals surface area contributed by atoms with Gasteiger partial charge in [-0.3, -0.25) is 4.79 Å². The molecule has 1 amide bonds. The molecule has 2 aliphatic heterocycles. The van der Waals surface area contributed by atoms with Crippen LogP contribution in [0.1, 0.15) is 70.8 Å². The number of aryl methyl sites for hydroxylation is 1. The van der Waals surface area contributed by atoms with Gasteiger partial charge in [0.15, 0.2) is 0 Å². The molecule has 2 saturated heterocycles. The first-order chi connectivity index (χ1) is 21.6. The van der Waals surface area contributed by atoms with Gasteiger partial charge in [-0.05, 0) is 88.1 Å². The fourth-order valence-corrected chi connectivity index (χ4v) is 6.66. The van der Waals surface area contributed by atoms with Crippen molar-refractivity contribution < 1.29 is 31.1 Å². The predicted molar refractivity (Wildman–Crippen MR) is 167 cm³/mol. The maximum absolute atomic E-state index is 13.8. The zero-order chi connectivity index (χ0) is 33.8. The number of halogens is 6. The van der Waals surface area contributed by atoms with Crippen LogP contribution in [-0.2, 0) is 29.9 Å². The van der Waals surface area contributed by atoms with Crippen molar-refractivity contribution in [2.45, 2.75) is 62.5 Å². The fourth-order valence-electron chi connectivity index (χ4n) is 6.66. The summed E-state index contributed by atoms with van der Waals surface area (Å²) in [4.78, 5) is 17.6. The number of likely N-dealkylation sites (N-methyl/N-ethyl adjacent to an activating group) is 2. The van der Waals surface area contributed by atoms with E-state index in [-0.39, 0.29) is 23.6 Å². The Bertz CT molecular complexity index is 1460. The Morgan fingerprint density at radius 1 is 0.804 bits per heavy atom. The fraction of sp³-hybridized carbons (Fsp3) is 0.457. The van der Waals surface area contributed by atoms with Gasteiger partial charge in [-0.1, -0.05) is 67.6 Å². The molecule has 0 aliphatic carbocycles. The summed E-state index contributed by atoms with van der Waals surface area (Å²) < 4.78 is 81.1. The first-order valence-electron chi connectivity index (χ1n) is 15.5. The Hall–Kier alpha value is -3.41. The summed E-state index contributed by atoms with van der Waals surface area (Å²) in [5, 5.41) is 2.78. The van der Waals surface area contributed by atoms with E-state index in [0.717, 1.165) is 25.1 Å². The number of alkyl halides is 6. The minimum atomic E-state index is -5.12. The molecule has 0 spiro atoms. The molecule has 2 aliphatic rings. The number of hydrogen-bond acceptors (Lipinski definition) is 4. The molecule has 2 atom stereocenters. The number of nitrogens with zero attached hydrogens (tertiary/aromatic N) is 2. The zero-order valence-electron chi connectivity index (χ0n) is 26.4. The highest BCUT2D eigenvalue weighted by molar-refractivity contribution is 5.98. The van der Waals surface area contributed by atoms with Gasteiger partial charge in [-0.2, -0.15) is 26.3 Å². The van der Waals surface area contributed by atoms with Gasteiger partial charge in [0.1, 0.15) is 0 Å². The van der Waals surface area contributed by atoms with Gasteiger partial charge in [0, 0.05) is 13.1 Å². The van der Waals surface area contributed by atoms with Crippen molar-refractivity contribution >= 4 is 5.91 Å². The lowest BCUT2D eigenvalue weighted by Gasteiger charge is -2.43. The lowest BCUT2D eigenvalue weighted by Crippen LogP contribution is -2.55. The molecule has 0 bridgehead atoms. The highest BCUT2D eigenvalue weighted by Gasteiger charge is 2.43. The molecule has 0 saturated carbocycles. The van der Waals surface area contributed by atoms with Gasteiger partial charge in [0.05, 0.1) is 27.8 Å². The van der Waals surface area contributed by atoms with E-state index in [1.165, 1.54) is 25.5 Å². The van der Waals surface area contributed by atoms with E-state index in [2.05, 4.69) is 41.5 Å². The van der Waals surface area contributed by atoms with Crippen molar-refractivity contribution in [3.8, 4) is 0 Å². The van der Waals surface area contributed by atoms with Crippen molar-refractivity contribution in [2.24, 2.45) is 5.73 Å². The van der Waals surface area contributed by atoms with Crippen LogP contribution in [0.3, 0.4) is 0 Å². The standard InChI is InChI=1S/C23H24F6N2O.C12H18N2/c1-3-15-12-17(22(24,25)26)13-18(23(27,28)29)19(15)20(32)30-21(10-7-11-31(2)14-21)16-8-5-4-6-9-16;1-14-9-5-8-12(13,10-14)11-6-3-2-4-7-11/h4-6,8-9,12-13H,3,7,10-11,14H2,1-2H3,(H,30,32);2-4,6-7H,5,8-10,13H2,1H3. The third-order valence-electron chi connectivity index (χ3n) is 8.89. The number of carbonyl (C=O) groups is 1. The topological polar surface area (TPSA) is 61.6 Å². The van der Waals surface area contributed by atoms with Gasteiger partial charge in [0.2, 0.25) is 0 Å². The average molecular weight is 649 g/mol. The summed E-state index contributed by atoms with van der Waals surface area (Å²) in [6, 6.07) is 20.0. The lowest BCUT2D eigenvalue weighted by molar-refractivity contribution is -0.143. The molecular formula is C35H42F6N4O. The largest absolute Gasteiger partial charge is 0.417 e. The van der Waals surface area contributed by atoms with E-state index in [1.807, 2.05) is 18.0 Å². The van der Waals surface area contributed by atoms with Crippen LogP contribution in [0.15, 0.2) is 72.8 Å². The molecule has 2 fully saturated rings. The number of carbonyl (C=O) groups excluding carboxylic acids is 1. The van der Waals surface area contributed by atoms with E-state index < -0.39 is 40.5 Å². The van der Waals surface area contributed by atoms with Crippen LogP contribution in [0, 0.1) is 0 Å². The number of likely N-dealkylation sites (tertiary alicyclic amines) is 2. The Kier molecular flexibility index (Phi) is 10.9. The average Bonchev–Trinajstić information content (AvgIpc) is 3.00. The van der Waals surface area contributed by atoms with Crippen LogP contribution in [0.4, 0.5) is 26.3 Å². The third-order valence-corrected chi connectivity index (χ3v) is 8.89. The number of nitrogens with two attached hydrogens (primary N) is 1. The van der Waals surface area contributed by atoms with E-state index >= 15 is 0 Å². The van der Waals surface area contributed by atoms with Crippen LogP contribution in [-0.4, -0.2) is 56.0 Å². The smallest absolute Gasteiger partial charge is 0.341 e.